The molecule has 2 unspecified atom stereocenters. The number of likely N-dealkylation sites (N-methyl/N-ethyl adjacent to an activating group) is 1. The monoisotopic (exact) mass is 478 g/mol. The third kappa shape index (κ3) is 5.70. The van der Waals surface area contributed by atoms with Crippen LogP contribution in [-0.2, 0) is 14.3 Å². The van der Waals surface area contributed by atoms with Gasteiger partial charge in [0.05, 0.1) is 29.7 Å². The lowest BCUT2D eigenvalue weighted by molar-refractivity contribution is -0.149. The van der Waals surface area contributed by atoms with E-state index in [-0.39, 0.29) is 24.5 Å². The molecule has 0 aromatic rings. The van der Waals surface area contributed by atoms with Crippen LogP contribution in [0.4, 0.5) is 0 Å². The molecule has 0 bridgehead atoms. The van der Waals surface area contributed by atoms with Crippen LogP contribution in [0.15, 0.2) is 0 Å². The summed E-state index contributed by atoms with van der Waals surface area (Å²) in [6, 6.07) is -0.850. The number of rotatable bonds is 6. The van der Waals surface area contributed by atoms with E-state index in [1.165, 1.54) is 11.8 Å². The highest BCUT2D eigenvalue weighted by atomic mass is 35.5. The zero-order valence-electron chi connectivity index (χ0n) is 19.2. The fourth-order valence-corrected chi connectivity index (χ4v) is 6.33. The van der Waals surface area contributed by atoms with Gasteiger partial charge in [-0.25, -0.2) is 0 Å². The molecule has 0 spiro atoms. The van der Waals surface area contributed by atoms with Crippen LogP contribution in [0.3, 0.4) is 0 Å². The molecule has 0 aromatic carbocycles. The highest BCUT2D eigenvalue weighted by molar-refractivity contribution is 7.99. The molecule has 7 nitrogen and oxygen atoms in total. The minimum Gasteiger partial charge on any atom is -0.390 e. The number of nitrogens with zero attached hydrogens (tertiary/aromatic N) is 1. The fraction of sp³-hybridized carbons (Fsp3) is 0.955. The van der Waals surface area contributed by atoms with Gasteiger partial charge in [-0.3, -0.25) is 9.69 Å². The van der Waals surface area contributed by atoms with Crippen molar-refractivity contribution >= 4 is 29.3 Å². The lowest BCUT2D eigenvalue weighted by atomic mass is 9.83. The van der Waals surface area contributed by atoms with Crippen molar-refractivity contribution in [3.8, 4) is 0 Å². The number of aliphatic hydroxyl groups is 2. The van der Waals surface area contributed by atoms with E-state index in [2.05, 4.69) is 24.1 Å². The summed E-state index contributed by atoms with van der Waals surface area (Å²) < 4.78 is 12.2. The zero-order valence-corrected chi connectivity index (χ0v) is 20.8. The highest BCUT2D eigenvalue weighted by Gasteiger charge is 2.48. The number of alkyl halides is 1. The molecule has 3 fully saturated rings. The topological polar surface area (TPSA) is 91.3 Å². The lowest BCUT2D eigenvalue weighted by Crippen LogP contribution is -2.59. The van der Waals surface area contributed by atoms with E-state index >= 15 is 0 Å². The number of fused-ring (bicyclic) bond motifs is 1. The number of likely N-dealkylation sites (tertiary alicyclic amines) is 1. The van der Waals surface area contributed by atoms with Gasteiger partial charge in [0.2, 0.25) is 5.91 Å². The maximum absolute atomic E-state index is 13.4. The van der Waals surface area contributed by atoms with E-state index in [9.17, 15) is 15.0 Å². The number of aliphatic hydroxyl groups excluding tert-OH is 2. The Kier molecular flexibility index (Phi) is 8.97. The van der Waals surface area contributed by atoms with Crippen molar-refractivity contribution in [1.82, 2.24) is 10.2 Å². The van der Waals surface area contributed by atoms with Gasteiger partial charge in [-0.2, -0.15) is 0 Å². The van der Waals surface area contributed by atoms with Crippen LogP contribution in [0, 0.1) is 17.8 Å². The Bertz CT molecular complexity index is 612. The van der Waals surface area contributed by atoms with Gasteiger partial charge in [0.15, 0.2) is 0 Å². The van der Waals surface area contributed by atoms with Gasteiger partial charge in [-0.1, -0.05) is 13.8 Å². The second kappa shape index (κ2) is 10.9. The molecule has 0 aromatic heterocycles. The Balaban J connectivity index is 1.71. The van der Waals surface area contributed by atoms with Gasteiger partial charge in [0.25, 0.3) is 0 Å². The van der Waals surface area contributed by atoms with E-state index in [4.69, 9.17) is 21.1 Å². The predicted molar refractivity (Wildman–Crippen MR) is 123 cm³/mol. The average Bonchev–Trinajstić information content (AvgIpc) is 2.87. The van der Waals surface area contributed by atoms with Crippen molar-refractivity contribution in [2.24, 2.45) is 17.8 Å². The number of ether oxygens (including phenoxy) is 2. The molecule has 3 saturated heterocycles. The molecular formula is C22H39ClN2O5S. The molecule has 0 aliphatic carbocycles. The highest BCUT2D eigenvalue weighted by Crippen LogP contribution is 2.37. The average molecular weight is 479 g/mol. The summed E-state index contributed by atoms with van der Waals surface area (Å²) >= 11 is 7.80. The summed E-state index contributed by atoms with van der Waals surface area (Å²) in [5.74, 6) is 1.45. The van der Waals surface area contributed by atoms with Gasteiger partial charge in [-0.05, 0) is 44.9 Å². The number of halogens is 1. The Morgan fingerprint density at radius 3 is 2.58 bits per heavy atom. The molecule has 3 rings (SSSR count). The Morgan fingerprint density at radius 1 is 1.26 bits per heavy atom. The normalized spacial score (nSPS) is 41.5. The van der Waals surface area contributed by atoms with Crippen LogP contribution in [-0.4, -0.2) is 94.8 Å². The molecule has 3 aliphatic heterocycles. The third-order valence-electron chi connectivity index (χ3n) is 7.28. The lowest BCUT2D eigenvalue weighted by Gasteiger charge is -2.41. The summed E-state index contributed by atoms with van der Waals surface area (Å²) in [6.07, 6.45) is 1.69. The zero-order chi connectivity index (χ0) is 22.9. The quantitative estimate of drug-likeness (QED) is 0.500. The largest absolute Gasteiger partial charge is 0.390 e. The first-order valence-electron chi connectivity index (χ1n) is 11.4. The molecule has 0 radical (unpaired) electrons. The molecule has 10 atom stereocenters. The summed E-state index contributed by atoms with van der Waals surface area (Å²) in [5, 5.41) is 23.1. The van der Waals surface area contributed by atoms with E-state index in [1.807, 2.05) is 20.2 Å². The second-order valence-electron chi connectivity index (χ2n) is 9.79. The predicted octanol–water partition coefficient (Wildman–Crippen LogP) is 1.68. The Hall–Kier alpha value is -0.0900. The van der Waals surface area contributed by atoms with Crippen molar-refractivity contribution in [1.29, 1.82) is 0 Å². The van der Waals surface area contributed by atoms with Crippen LogP contribution in [0.2, 0.25) is 0 Å². The first kappa shape index (κ1) is 25.5. The molecule has 1 amide bonds. The number of hydrogen-bond donors (Lipinski definition) is 3. The minimum atomic E-state index is -0.955. The third-order valence-corrected chi connectivity index (χ3v) is 8.41. The standard InChI is InChI=1S/C22H39ClN2O5S/c1-11(2)13-6-7-29-20-14(8-13)10-25(4)18(20)21(28)24-17(12(3)23)16-9-15(26)19(27)22(30-16)31-5/h11-20,22,26-27H,6-10H2,1-5H3,(H,24,28)/t12-,13-,14-,15?,16-,17+,18-,19+,20+,22?/m0/s1. The fourth-order valence-electron chi connectivity index (χ4n) is 5.40. The van der Waals surface area contributed by atoms with E-state index in [1.54, 1.807) is 0 Å². The van der Waals surface area contributed by atoms with E-state index in [0.29, 0.717) is 24.4 Å². The van der Waals surface area contributed by atoms with Crippen molar-refractivity contribution < 1.29 is 24.5 Å². The smallest absolute Gasteiger partial charge is 0.240 e. The van der Waals surface area contributed by atoms with Crippen molar-refractivity contribution in [3.05, 3.63) is 0 Å². The maximum atomic E-state index is 13.4. The first-order chi connectivity index (χ1) is 14.6. The van der Waals surface area contributed by atoms with Crippen LogP contribution in [0.1, 0.15) is 40.0 Å². The van der Waals surface area contributed by atoms with Crippen LogP contribution in [0.5, 0.6) is 0 Å². The van der Waals surface area contributed by atoms with Gasteiger partial charge >= 0.3 is 0 Å². The number of thioether (sulfide) groups is 1. The molecule has 31 heavy (non-hydrogen) atoms. The summed E-state index contributed by atoms with van der Waals surface area (Å²) in [5.41, 5.74) is -0.555. The molecule has 180 valence electrons. The number of hydrogen-bond acceptors (Lipinski definition) is 7. The van der Waals surface area contributed by atoms with Gasteiger partial charge in [0.1, 0.15) is 17.6 Å². The Morgan fingerprint density at radius 2 is 1.97 bits per heavy atom. The Labute approximate surface area is 195 Å². The number of nitrogens with one attached hydrogen (secondary N) is 1. The summed E-state index contributed by atoms with van der Waals surface area (Å²) in [4.78, 5) is 15.5. The number of carbonyl (C=O) groups is 1. The molecule has 3 N–H and O–H groups in total. The summed E-state index contributed by atoms with van der Waals surface area (Å²) in [7, 11) is 1.98. The van der Waals surface area contributed by atoms with Crippen molar-refractivity contribution in [2.75, 3.05) is 26.5 Å². The maximum Gasteiger partial charge on any atom is 0.240 e. The van der Waals surface area contributed by atoms with Crippen molar-refractivity contribution in [2.45, 2.75) is 87.3 Å². The van der Waals surface area contributed by atoms with E-state index < -0.39 is 35.2 Å². The molecule has 3 heterocycles. The van der Waals surface area contributed by atoms with Crippen LogP contribution < -0.4 is 5.32 Å². The van der Waals surface area contributed by atoms with Crippen molar-refractivity contribution in [3.63, 3.8) is 0 Å². The minimum absolute atomic E-state index is 0.111. The van der Waals surface area contributed by atoms with E-state index in [0.717, 1.165) is 19.4 Å². The number of amides is 1. The molecule has 3 aliphatic rings. The van der Waals surface area contributed by atoms with Crippen LogP contribution in [0.25, 0.3) is 0 Å². The van der Waals surface area contributed by atoms with Gasteiger partial charge < -0.3 is 25.0 Å². The first-order valence-corrected chi connectivity index (χ1v) is 13.2. The summed E-state index contributed by atoms with van der Waals surface area (Å²) in [6.45, 7) is 7.86. The molecule has 0 saturated carbocycles. The molecule has 9 heteroatoms. The van der Waals surface area contributed by atoms with Crippen LogP contribution >= 0.6 is 23.4 Å². The molecular weight excluding hydrogens is 440 g/mol. The SMILES string of the molecule is CSC1O[C@H]([C@H](NC(=O)[C@@H]2[C@@H]3OCC[C@H](C(C)C)C[C@H]3CN2C)[C@H](C)Cl)CC(O)[C@H]1O. The second-order valence-corrected chi connectivity index (χ2v) is 11.4. The number of carbonyl (C=O) groups excluding carboxylic acids is 1. The van der Waals surface area contributed by atoms with Gasteiger partial charge in [0, 0.05) is 25.5 Å². The van der Waals surface area contributed by atoms with Gasteiger partial charge in [-0.15, -0.1) is 23.4 Å².